The van der Waals surface area contributed by atoms with Crippen LogP contribution in [0.2, 0.25) is 0 Å². The zero-order valence-corrected chi connectivity index (χ0v) is 10.4. The predicted octanol–water partition coefficient (Wildman–Crippen LogP) is 2.55. The number of hydrogen-bond donors (Lipinski definition) is 1. The summed E-state index contributed by atoms with van der Waals surface area (Å²) in [5, 5.41) is 0. The molecule has 1 heterocycles. The first kappa shape index (κ1) is 11.0. The number of carbonyl (C=O) groups is 1. The Morgan fingerprint density at radius 1 is 1.06 bits per heavy atom. The first-order chi connectivity index (χ1) is 7.27. The third-order valence-corrected chi connectivity index (χ3v) is 3.44. The lowest BCUT2D eigenvalue weighted by Crippen LogP contribution is -2.32. The standard InChI is InChI=1S/C13H17NO2/c1-6-7(2)10(14)8(3)11-9(6)12(15)13(4,5)16-11/h14H2,1-5H3. The number of ketones is 1. The van der Waals surface area contributed by atoms with Crippen molar-refractivity contribution in [3.63, 3.8) is 0 Å². The SMILES string of the molecule is Cc1c(C)c2c(c(C)c1N)OC(C)(C)C2=O. The second kappa shape index (κ2) is 3.00. The Balaban J connectivity index is 2.82. The normalized spacial score (nSPS) is 17.2. The molecule has 0 aliphatic carbocycles. The Morgan fingerprint density at radius 3 is 2.19 bits per heavy atom. The number of Topliss-reactive ketones (excluding diaryl/α,β-unsaturated/α-hetero) is 1. The van der Waals surface area contributed by atoms with Crippen molar-refractivity contribution in [3.05, 3.63) is 22.3 Å². The van der Waals surface area contributed by atoms with E-state index in [4.69, 9.17) is 10.5 Å². The first-order valence-electron chi connectivity index (χ1n) is 5.40. The van der Waals surface area contributed by atoms with Gasteiger partial charge in [0, 0.05) is 11.3 Å². The summed E-state index contributed by atoms with van der Waals surface area (Å²) >= 11 is 0. The summed E-state index contributed by atoms with van der Waals surface area (Å²) in [5.41, 5.74) is 9.45. The lowest BCUT2D eigenvalue weighted by atomic mass is 9.91. The molecular weight excluding hydrogens is 202 g/mol. The number of nitrogen functional groups attached to an aromatic ring is 1. The van der Waals surface area contributed by atoms with Gasteiger partial charge in [0.25, 0.3) is 0 Å². The van der Waals surface area contributed by atoms with Crippen molar-refractivity contribution in [1.82, 2.24) is 0 Å². The third kappa shape index (κ3) is 1.17. The largest absolute Gasteiger partial charge is 0.479 e. The first-order valence-corrected chi connectivity index (χ1v) is 5.40. The van der Waals surface area contributed by atoms with Gasteiger partial charge in [-0.25, -0.2) is 0 Å². The number of rotatable bonds is 0. The Morgan fingerprint density at radius 2 is 1.62 bits per heavy atom. The molecule has 2 rings (SSSR count). The van der Waals surface area contributed by atoms with Gasteiger partial charge in [0.05, 0.1) is 5.56 Å². The number of carbonyl (C=O) groups excluding carboxylic acids is 1. The van der Waals surface area contributed by atoms with Gasteiger partial charge in [0.2, 0.25) is 5.78 Å². The molecule has 86 valence electrons. The highest BCUT2D eigenvalue weighted by atomic mass is 16.5. The predicted molar refractivity (Wildman–Crippen MR) is 64.1 cm³/mol. The molecule has 0 atom stereocenters. The highest BCUT2D eigenvalue weighted by Crippen LogP contribution is 2.43. The van der Waals surface area contributed by atoms with Crippen LogP contribution in [0.5, 0.6) is 5.75 Å². The molecule has 1 aliphatic rings. The quantitative estimate of drug-likeness (QED) is 0.682. The summed E-state index contributed by atoms with van der Waals surface area (Å²) in [6, 6.07) is 0. The summed E-state index contributed by atoms with van der Waals surface area (Å²) in [6.07, 6.45) is 0. The van der Waals surface area contributed by atoms with Crippen LogP contribution >= 0.6 is 0 Å². The molecule has 16 heavy (non-hydrogen) atoms. The van der Waals surface area contributed by atoms with Crippen LogP contribution in [0.25, 0.3) is 0 Å². The van der Waals surface area contributed by atoms with Gasteiger partial charge in [0.1, 0.15) is 5.75 Å². The average molecular weight is 219 g/mol. The summed E-state index contributed by atoms with van der Waals surface area (Å²) < 4.78 is 5.72. The molecule has 1 aromatic carbocycles. The Bertz CT molecular complexity index is 501. The van der Waals surface area contributed by atoms with Gasteiger partial charge in [-0.3, -0.25) is 4.79 Å². The smallest absolute Gasteiger partial charge is 0.209 e. The second-order valence-corrected chi connectivity index (χ2v) is 4.93. The molecule has 3 heteroatoms. The fourth-order valence-electron chi connectivity index (χ4n) is 2.15. The van der Waals surface area contributed by atoms with Crippen LogP contribution in [0, 0.1) is 20.8 Å². The highest BCUT2D eigenvalue weighted by molar-refractivity contribution is 6.09. The third-order valence-electron chi connectivity index (χ3n) is 3.44. The van der Waals surface area contributed by atoms with Crippen LogP contribution in [0.3, 0.4) is 0 Å². The van der Waals surface area contributed by atoms with Gasteiger partial charge >= 0.3 is 0 Å². The average Bonchev–Trinajstić information content (AvgIpc) is 2.45. The summed E-state index contributed by atoms with van der Waals surface area (Å²) in [4.78, 5) is 12.2. The van der Waals surface area contributed by atoms with E-state index in [0.717, 1.165) is 22.4 Å². The van der Waals surface area contributed by atoms with E-state index in [0.29, 0.717) is 11.3 Å². The van der Waals surface area contributed by atoms with E-state index < -0.39 is 5.60 Å². The van der Waals surface area contributed by atoms with Gasteiger partial charge in [-0.05, 0) is 45.7 Å². The molecule has 0 saturated heterocycles. The molecule has 0 aromatic heterocycles. The Kier molecular flexibility index (Phi) is 2.06. The van der Waals surface area contributed by atoms with Crippen LogP contribution < -0.4 is 10.5 Å². The zero-order chi connectivity index (χ0) is 12.2. The Labute approximate surface area is 95.6 Å². The molecule has 2 N–H and O–H groups in total. The van der Waals surface area contributed by atoms with Crippen LogP contribution in [0.1, 0.15) is 40.9 Å². The topological polar surface area (TPSA) is 52.3 Å². The number of hydrogen-bond acceptors (Lipinski definition) is 3. The Hall–Kier alpha value is -1.51. The van der Waals surface area contributed by atoms with Gasteiger partial charge in [-0.2, -0.15) is 0 Å². The van der Waals surface area contributed by atoms with Gasteiger partial charge in [-0.1, -0.05) is 0 Å². The molecule has 3 nitrogen and oxygen atoms in total. The minimum absolute atomic E-state index is 0.0474. The minimum atomic E-state index is -0.766. The van der Waals surface area contributed by atoms with E-state index in [1.54, 1.807) is 13.8 Å². The van der Waals surface area contributed by atoms with Crippen LogP contribution in [-0.2, 0) is 0 Å². The minimum Gasteiger partial charge on any atom is -0.479 e. The van der Waals surface area contributed by atoms with E-state index in [1.165, 1.54) is 0 Å². The second-order valence-electron chi connectivity index (χ2n) is 4.93. The monoisotopic (exact) mass is 219 g/mol. The fourth-order valence-corrected chi connectivity index (χ4v) is 2.15. The maximum atomic E-state index is 12.2. The van der Waals surface area contributed by atoms with Crippen molar-refractivity contribution in [2.24, 2.45) is 0 Å². The molecular formula is C13H17NO2. The number of fused-ring (bicyclic) bond motifs is 1. The van der Waals surface area contributed by atoms with Crippen molar-refractivity contribution in [1.29, 1.82) is 0 Å². The van der Waals surface area contributed by atoms with E-state index >= 15 is 0 Å². The molecule has 0 unspecified atom stereocenters. The summed E-state index contributed by atoms with van der Waals surface area (Å²) in [7, 11) is 0. The molecule has 0 amide bonds. The van der Waals surface area contributed by atoms with E-state index in [9.17, 15) is 4.79 Å². The summed E-state index contributed by atoms with van der Waals surface area (Å²) in [5.74, 6) is 0.710. The van der Waals surface area contributed by atoms with Gasteiger partial charge in [0.15, 0.2) is 5.60 Å². The maximum Gasteiger partial charge on any atom is 0.209 e. The molecule has 0 bridgehead atoms. The fraction of sp³-hybridized carbons (Fsp3) is 0.462. The molecule has 0 radical (unpaired) electrons. The summed E-state index contributed by atoms with van der Waals surface area (Å²) in [6.45, 7) is 9.35. The van der Waals surface area contributed by atoms with Gasteiger partial charge < -0.3 is 10.5 Å². The molecule has 0 spiro atoms. The van der Waals surface area contributed by atoms with Crippen molar-refractivity contribution in [2.45, 2.75) is 40.2 Å². The van der Waals surface area contributed by atoms with Crippen molar-refractivity contribution in [2.75, 3.05) is 5.73 Å². The lowest BCUT2D eigenvalue weighted by Gasteiger charge is -2.16. The number of benzene rings is 1. The maximum absolute atomic E-state index is 12.2. The highest BCUT2D eigenvalue weighted by Gasteiger charge is 2.42. The van der Waals surface area contributed by atoms with E-state index in [2.05, 4.69) is 0 Å². The van der Waals surface area contributed by atoms with Crippen LogP contribution in [0.4, 0.5) is 5.69 Å². The molecule has 1 aromatic rings. The van der Waals surface area contributed by atoms with Crippen molar-refractivity contribution in [3.8, 4) is 5.75 Å². The number of anilines is 1. The molecule has 1 aliphatic heterocycles. The van der Waals surface area contributed by atoms with Crippen LogP contribution in [-0.4, -0.2) is 11.4 Å². The van der Waals surface area contributed by atoms with E-state index in [1.807, 2.05) is 20.8 Å². The zero-order valence-electron chi connectivity index (χ0n) is 10.4. The van der Waals surface area contributed by atoms with Gasteiger partial charge in [-0.15, -0.1) is 0 Å². The molecule has 0 fully saturated rings. The number of nitrogens with two attached hydrogens (primary N) is 1. The number of ether oxygens (including phenoxy) is 1. The lowest BCUT2D eigenvalue weighted by molar-refractivity contribution is 0.0683. The van der Waals surface area contributed by atoms with Crippen molar-refractivity contribution >= 4 is 11.5 Å². The van der Waals surface area contributed by atoms with Crippen molar-refractivity contribution < 1.29 is 9.53 Å². The van der Waals surface area contributed by atoms with Crippen LogP contribution in [0.15, 0.2) is 0 Å². The molecule has 0 saturated carbocycles. The van der Waals surface area contributed by atoms with E-state index in [-0.39, 0.29) is 5.78 Å².